The molecule has 0 atom stereocenters. The van der Waals surface area contributed by atoms with Crippen LogP contribution in [0.1, 0.15) is 12.0 Å². The van der Waals surface area contributed by atoms with Gasteiger partial charge in [-0.05, 0) is 12.1 Å². The molecule has 0 unspecified atom stereocenters. The summed E-state index contributed by atoms with van der Waals surface area (Å²) < 4.78 is 31.5. The van der Waals surface area contributed by atoms with E-state index in [2.05, 4.69) is 4.98 Å². The van der Waals surface area contributed by atoms with E-state index in [1.807, 2.05) is 0 Å². The highest BCUT2D eigenvalue weighted by atomic mass is 19.3. The normalized spacial score (nSPS) is 11.5. The molecule has 0 spiro atoms. The number of alkyl halides is 2. The van der Waals surface area contributed by atoms with Crippen LogP contribution in [0.4, 0.5) is 8.78 Å². The van der Waals surface area contributed by atoms with Crippen LogP contribution in [0.2, 0.25) is 0 Å². The minimum absolute atomic E-state index is 0.228. The van der Waals surface area contributed by atoms with E-state index in [0.717, 1.165) is 0 Å². The first-order chi connectivity index (χ1) is 7.13. The predicted molar refractivity (Wildman–Crippen MR) is 48.1 cm³/mol. The number of halogens is 2. The summed E-state index contributed by atoms with van der Waals surface area (Å²) in [6, 6.07) is 5.36. The number of benzene rings is 1. The number of hydrogen-bond acceptors (Lipinski definition) is 3. The molecule has 1 aromatic heterocycles. The molecular weight excluding hydrogens is 202 g/mol. The fraction of sp³-hybridized carbons (Fsp3) is 0.200. The molecular formula is C10H6F2N2O. The van der Waals surface area contributed by atoms with Gasteiger partial charge in [0, 0.05) is 5.56 Å². The van der Waals surface area contributed by atoms with Crippen molar-refractivity contribution in [3.8, 4) is 6.07 Å². The SMILES string of the molecule is N#CCC(F)(F)c1ccc2ncoc2c1. The van der Waals surface area contributed by atoms with Crippen LogP contribution in [0, 0.1) is 11.3 Å². The van der Waals surface area contributed by atoms with Crippen LogP contribution < -0.4 is 0 Å². The first-order valence-electron chi connectivity index (χ1n) is 4.22. The second-order valence-corrected chi connectivity index (χ2v) is 3.07. The van der Waals surface area contributed by atoms with Crippen LogP contribution in [0.25, 0.3) is 11.1 Å². The van der Waals surface area contributed by atoms with Crippen molar-refractivity contribution in [2.45, 2.75) is 12.3 Å². The monoisotopic (exact) mass is 208 g/mol. The minimum Gasteiger partial charge on any atom is -0.443 e. The van der Waals surface area contributed by atoms with Crippen molar-refractivity contribution in [1.29, 1.82) is 5.26 Å². The lowest BCUT2D eigenvalue weighted by Gasteiger charge is -2.11. The molecule has 0 aliphatic rings. The van der Waals surface area contributed by atoms with E-state index in [1.54, 1.807) is 0 Å². The second-order valence-electron chi connectivity index (χ2n) is 3.07. The van der Waals surface area contributed by atoms with Gasteiger partial charge >= 0.3 is 0 Å². The van der Waals surface area contributed by atoms with E-state index in [1.165, 1.54) is 30.7 Å². The van der Waals surface area contributed by atoms with Gasteiger partial charge in [-0.1, -0.05) is 6.07 Å². The standard InChI is InChI=1S/C10H6F2N2O/c11-10(12,3-4-13)7-1-2-8-9(5-7)15-6-14-8/h1-2,5-6H,3H2. The average Bonchev–Trinajstić information content (AvgIpc) is 2.63. The third kappa shape index (κ3) is 1.66. The van der Waals surface area contributed by atoms with Crippen LogP contribution in [0.15, 0.2) is 29.0 Å². The van der Waals surface area contributed by atoms with Crippen molar-refractivity contribution < 1.29 is 13.2 Å². The molecule has 0 saturated heterocycles. The summed E-state index contributed by atoms with van der Waals surface area (Å²) in [5.74, 6) is -3.14. The molecule has 2 aromatic rings. The van der Waals surface area contributed by atoms with Gasteiger partial charge < -0.3 is 4.42 Å². The number of rotatable bonds is 2. The quantitative estimate of drug-likeness (QED) is 0.762. The molecule has 0 N–H and O–H groups in total. The lowest BCUT2D eigenvalue weighted by atomic mass is 10.1. The lowest BCUT2D eigenvalue weighted by molar-refractivity contribution is 0.00101. The molecule has 76 valence electrons. The van der Waals surface area contributed by atoms with Gasteiger partial charge in [0.1, 0.15) is 11.9 Å². The summed E-state index contributed by atoms with van der Waals surface area (Å²) in [7, 11) is 0. The van der Waals surface area contributed by atoms with Gasteiger partial charge in [0.25, 0.3) is 5.92 Å². The van der Waals surface area contributed by atoms with Crippen LogP contribution in [0.3, 0.4) is 0 Å². The molecule has 5 heteroatoms. The van der Waals surface area contributed by atoms with E-state index in [9.17, 15) is 8.78 Å². The third-order valence-electron chi connectivity index (χ3n) is 2.05. The van der Waals surface area contributed by atoms with Crippen LogP contribution in [-0.4, -0.2) is 4.98 Å². The minimum atomic E-state index is -3.14. The number of aromatic nitrogens is 1. The van der Waals surface area contributed by atoms with Gasteiger partial charge in [-0.2, -0.15) is 5.26 Å². The summed E-state index contributed by atoms with van der Waals surface area (Å²) in [4.78, 5) is 3.81. The molecule has 0 aliphatic carbocycles. The molecule has 2 rings (SSSR count). The molecule has 1 heterocycles. The van der Waals surface area contributed by atoms with Crippen LogP contribution in [-0.2, 0) is 5.92 Å². The van der Waals surface area contributed by atoms with Gasteiger partial charge in [-0.3, -0.25) is 0 Å². The lowest BCUT2D eigenvalue weighted by Crippen LogP contribution is -2.11. The zero-order valence-electron chi connectivity index (χ0n) is 7.58. The summed E-state index contributed by atoms with van der Waals surface area (Å²) >= 11 is 0. The molecule has 1 aromatic carbocycles. The number of nitrogens with zero attached hydrogens (tertiary/aromatic N) is 2. The molecule has 0 amide bonds. The Morgan fingerprint density at radius 2 is 2.27 bits per heavy atom. The first-order valence-corrected chi connectivity index (χ1v) is 4.22. The molecule has 15 heavy (non-hydrogen) atoms. The number of hydrogen-bond donors (Lipinski definition) is 0. The zero-order chi connectivity index (χ0) is 10.9. The molecule has 0 bridgehead atoms. The van der Waals surface area contributed by atoms with E-state index >= 15 is 0 Å². The Balaban J connectivity index is 2.48. The molecule has 0 saturated carbocycles. The van der Waals surface area contributed by atoms with Gasteiger partial charge in [0.05, 0.1) is 6.07 Å². The maximum absolute atomic E-state index is 13.3. The number of nitriles is 1. The van der Waals surface area contributed by atoms with Crippen molar-refractivity contribution >= 4 is 11.1 Å². The van der Waals surface area contributed by atoms with E-state index < -0.39 is 12.3 Å². The summed E-state index contributed by atoms with van der Waals surface area (Å²) in [6.45, 7) is 0. The topological polar surface area (TPSA) is 49.8 Å². The van der Waals surface area contributed by atoms with E-state index in [0.29, 0.717) is 11.1 Å². The largest absolute Gasteiger partial charge is 0.443 e. The smallest absolute Gasteiger partial charge is 0.286 e. The molecule has 0 aliphatic heterocycles. The third-order valence-corrected chi connectivity index (χ3v) is 2.05. The predicted octanol–water partition coefficient (Wildman–Crippen LogP) is 2.83. The summed E-state index contributed by atoms with van der Waals surface area (Å²) in [5, 5.41) is 8.27. The Labute approximate surface area is 83.9 Å². The highest BCUT2D eigenvalue weighted by molar-refractivity contribution is 5.73. The van der Waals surface area contributed by atoms with Crippen molar-refractivity contribution in [3.63, 3.8) is 0 Å². The van der Waals surface area contributed by atoms with Crippen molar-refractivity contribution in [1.82, 2.24) is 4.98 Å². The molecule has 0 radical (unpaired) electrons. The van der Waals surface area contributed by atoms with Crippen molar-refractivity contribution in [3.05, 3.63) is 30.2 Å². The van der Waals surface area contributed by atoms with Crippen molar-refractivity contribution in [2.24, 2.45) is 0 Å². The van der Waals surface area contributed by atoms with Gasteiger partial charge in [-0.15, -0.1) is 0 Å². The average molecular weight is 208 g/mol. The van der Waals surface area contributed by atoms with E-state index in [4.69, 9.17) is 9.68 Å². The Hall–Kier alpha value is -1.96. The van der Waals surface area contributed by atoms with Gasteiger partial charge in [0.2, 0.25) is 0 Å². The Bertz CT molecular complexity index is 527. The number of fused-ring (bicyclic) bond motifs is 1. The fourth-order valence-electron chi connectivity index (χ4n) is 1.28. The fourth-order valence-corrected chi connectivity index (χ4v) is 1.28. The Morgan fingerprint density at radius 1 is 1.47 bits per heavy atom. The first kappa shape index (κ1) is 9.59. The maximum atomic E-state index is 13.3. The molecule has 0 fully saturated rings. The maximum Gasteiger partial charge on any atom is 0.286 e. The Morgan fingerprint density at radius 3 is 3.00 bits per heavy atom. The van der Waals surface area contributed by atoms with Crippen LogP contribution >= 0.6 is 0 Å². The van der Waals surface area contributed by atoms with Gasteiger partial charge in [0.15, 0.2) is 12.0 Å². The Kier molecular flexibility index (Phi) is 2.12. The highest BCUT2D eigenvalue weighted by Crippen LogP contribution is 2.32. The number of oxazole rings is 1. The summed E-state index contributed by atoms with van der Waals surface area (Å²) in [6.07, 6.45) is 0.351. The summed E-state index contributed by atoms with van der Waals surface area (Å²) in [5.41, 5.74) is 0.588. The zero-order valence-corrected chi connectivity index (χ0v) is 7.58. The van der Waals surface area contributed by atoms with Gasteiger partial charge in [-0.25, -0.2) is 13.8 Å². The molecule has 3 nitrogen and oxygen atoms in total. The van der Waals surface area contributed by atoms with E-state index in [-0.39, 0.29) is 5.56 Å². The highest BCUT2D eigenvalue weighted by Gasteiger charge is 2.31. The van der Waals surface area contributed by atoms with Crippen molar-refractivity contribution in [2.75, 3.05) is 0 Å². The second kappa shape index (κ2) is 3.31. The van der Waals surface area contributed by atoms with Crippen LogP contribution in [0.5, 0.6) is 0 Å².